The number of ether oxygens (including phenoxy) is 1. The van der Waals surface area contributed by atoms with Crippen molar-refractivity contribution in [2.45, 2.75) is 63.8 Å². The first kappa shape index (κ1) is 27.0. The van der Waals surface area contributed by atoms with E-state index in [1.165, 1.54) is 19.2 Å². The van der Waals surface area contributed by atoms with Gasteiger partial charge >= 0.3 is 18.2 Å². The number of carbonyl (C=O) groups excluding carboxylic acids is 3. The van der Waals surface area contributed by atoms with Crippen LogP contribution in [0.1, 0.15) is 49.3 Å². The van der Waals surface area contributed by atoms with Crippen LogP contribution in [-0.2, 0) is 33.5 Å². The molecule has 10 heteroatoms. The molecule has 0 unspecified atom stereocenters. The molecule has 0 saturated heterocycles. The van der Waals surface area contributed by atoms with Gasteiger partial charge in [0.15, 0.2) is 0 Å². The minimum absolute atomic E-state index is 0.00744. The molecule has 2 aromatic rings. The molecule has 0 bridgehead atoms. The summed E-state index contributed by atoms with van der Waals surface area (Å²) in [7, 11) is 1.29. The van der Waals surface area contributed by atoms with Crippen molar-refractivity contribution in [2.75, 3.05) is 12.4 Å². The second kappa shape index (κ2) is 11.9. The van der Waals surface area contributed by atoms with Gasteiger partial charge in [0.05, 0.1) is 19.1 Å². The van der Waals surface area contributed by atoms with Crippen LogP contribution in [0.5, 0.6) is 0 Å². The van der Waals surface area contributed by atoms with Crippen LogP contribution < -0.4 is 10.6 Å². The Morgan fingerprint density at radius 3 is 2.50 bits per heavy atom. The van der Waals surface area contributed by atoms with Crippen LogP contribution in [0.2, 0.25) is 0 Å². The molecule has 0 fully saturated rings. The van der Waals surface area contributed by atoms with Crippen molar-refractivity contribution < 1.29 is 32.3 Å². The molecule has 0 aromatic heterocycles. The van der Waals surface area contributed by atoms with Crippen molar-refractivity contribution in [1.82, 2.24) is 10.2 Å². The highest BCUT2D eigenvalue weighted by atomic mass is 19.4. The minimum Gasteiger partial charge on any atom is -0.469 e. The summed E-state index contributed by atoms with van der Waals surface area (Å²) in [5.74, 6) is -0.802. The van der Waals surface area contributed by atoms with E-state index in [-0.39, 0.29) is 24.6 Å². The van der Waals surface area contributed by atoms with Crippen LogP contribution in [0, 0.1) is 0 Å². The predicted molar refractivity (Wildman–Crippen MR) is 128 cm³/mol. The highest BCUT2D eigenvalue weighted by molar-refractivity contribution is 5.94. The van der Waals surface area contributed by atoms with Gasteiger partial charge in [-0.25, -0.2) is 4.79 Å². The fourth-order valence-corrected chi connectivity index (χ4v) is 4.27. The minimum atomic E-state index is -4.55. The van der Waals surface area contributed by atoms with Crippen LogP contribution in [0.15, 0.2) is 48.5 Å². The van der Waals surface area contributed by atoms with Gasteiger partial charge in [0.1, 0.15) is 6.04 Å². The maximum atomic E-state index is 13.7. The SMILES string of the molecule is CCCC[C@H](NC(=O)Nc1cccc(C(F)(F)F)c1)C(=O)N1Cc2ccccc2C[C@@H]1CC(=O)OC. The molecule has 0 spiro atoms. The van der Waals surface area contributed by atoms with Crippen LogP contribution in [0.25, 0.3) is 0 Å². The Morgan fingerprint density at radius 2 is 1.83 bits per heavy atom. The van der Waals surface area contributed by atoms with Gasteiger partial charge in [-0.2, -0.15) is 13.2 Å². The van der Waals surface area contributed by atoms with E-state index in [9.17, 15) is 27.6 Å². The van der Waals surface area contributed by atoms with Gasteiger partial charge in [0.2, 0.25) is 5.91 Å². The second-order valence-corrected chi connectivity index (χ2v) is 8.74. The van der Waals surface area contributed by atoms with E-state index in [1.54, 1.807) is 4.90 Å². The van der Waals surface area contributed by atoms with E-state index in [2.05, 4.69) is 10.6 Å². The third kappa shape index (κ3) is 6.99. The Bertz CT molecular complexity index is 1090. The first-order valence-corrected chi connectivity index (χ1v) is 11.8. The number of alkyl halides is 3. The van der Waals surface area contributed by atoms with E-state index in [4.69, 9.17) is 4.74 Å². The van der Waals surface area contributed by atoms with Crippen LogP contribution in [0.4, 0.5) is 23.7 Å². The number of urea groups is 1. The summed E-state index contributed by atoms with van der Waals surface area (Å²) in [4.78, 5) is 40.0. The summed E-state index contributed by atoms with van der Waals surface area (Å²) >= 11 is 0. The van der Waals surface area contributed by atoms with Crippen molar-refractivity contribution in [3.63, 3.8) is 0 Å². The molecule has 2 aromatic carbocycles. The zero-order valence-corrected chi connectivity index (χ0v) is 20.2. The summed E-state index contributed by atoms with van der Waals surface area (Å²) in [5.41, 5.74) is 1.06. The molecule has 7 nitrogen and oxygen atoms in total. The van der Waals surface area contributed by atoms with Crippen molar-refractivity contribution >= 4 is 23.6 Å². The number of hydrogen-bond acceptors (Lipinski definition) is 4. The molecule has 3 amide bonds. The van der Waals surface area contributed by atoms with Gasteiger partial charge in [-0.15, -0.1) is 0 Å². The first-order valence-electron chi connectivity index (χ1n) is 11.8. The molecule has 1 aliphatic rings. The lowest BCUT2D eigenvalue weighted by Crippen LogP contribution is -2.54. The molecule has 0 radical (unpaired) electrons. The summed E-state index contributed by atoms with van der Waals surface area (Å²) in [6, 6.07) is 9.77. The number of nitrogens with zero attached hydrogens (tertiary/aromatic N) is 1. The maximum absolute atomic E-state index is 13.7. The smallest absolute Gasteiger partial charge is 0.416 e. The third-order valence-electron chi connectivity index (χ3n) is 6.17. The Kier molecular flexibility index (Phi) is 8.95. The van der Waals surface area contributed by atoms with Crippen LogP contribution in [0.3, 0.4) is 0 Å². The van der Waals surface area contributed by atoms with E-state index in [0.717, 1.165) is 29.7 Å². The number of fused-ring (bicyclic) bond motifs is 1. The number of esters is 1. The average molecular weight is 506 g/mol. The lowest BCUT2D eigenvalue weighted by molar-refractivity contribution is -0.145. The lowest BCUT2D eigenvalue weighted by atomic mass is 9.91. The normalized spacial score (nSPS) is 16.0. The van der Waals surface area contributed by atoms with Gasteiger partial charge < -0.3 is 20.3 Å². The zero-order valence-electron chi connectivity index (χ0n) is 20.2. The fourth-order valence-electron chi connectivity index (χ4n) is 4.27. The van der Waals surface area contributed by atoms with Gasteiger partial charge in [0, 0.05) is 18.3 Å². The number of benzene rings is 2. The molecular formula is C26H30F3N3O4. The van der Waals surface area contributed by atoms with E-state index >= 15 is 0 Å². The van der Waals surface area contributed by atoms with E-state index < -0.39 is 35.8 Å². The number of methoxy groups -OCH3 is 1. The summed E-state index contributed by atoms with van der Waals surface area (Å²) in [6.07, 6.45) is -2.32. The number of unbranched alkanes of at least 4 members (excludes halogenated alkanes) is 1. The molecule has 0 aliphatic carbocycles. The summed E-state index contributed by atoms with van der Waals surface area (Å²) in [5, 5.41) is 5.02. The predicted octanol–water partition coefficient (Wildman–Crippen LogP) is 4.90. The third-order valence-corrected chi connectivity index (χ3v) is 6.17. The molecule has 0 saturated carbocycles. The van der Waals surface area contributed by atoms with Crippen molar-refractivity contribution in [2.24, 2.45) is 0 Å². The molecule has 2 atom stereocenters. The van der Waals surface area contributed by atoms with E-state index in [0.29, 0.717) is 19.3 Å². The van der Waals surface area contributed by atoms with Crippen molar-refractivity contribution in [3.8, 4) is 0 Å². The molecule has 3 rings (SSSR count). The topological polar surface area (TPSA) is 87.7 Å². The van der Waals surface area contributed by atoms with Crippen molar-refractivity contribution in [3.05, 3.63) is 65.2 Å². The van der Waals surface area contributed by atoms with Crippen LogP contribution >= 0.6 is 0 Å². The standard InChI is InChI=1S/C26H30F3N3O4/c1-3-4-12-22(31-25(35)30-20-11-7-10-19(14-20)26(27,28)29)24(34)32-16-18-9-6-5-8-17(18)13-21(32)15-23(33)36-2/h5-11,14,21-22H,3-4,12-13,15-16H2,1-2H3,(H2,30,31,35)/t21-,22+/m1/s1. The Labute approximate surface area is 208 Å². The molecular weight excluding hydrogens is 475 g/mol. The molecule has 1 aliphatic heterocycles. The largest absolute Gasteiger partial charge is 0.469 e. The number of halogens is 3. The number of carbonyl (C=O) groups is 3. The molecule has 194 valence electrons. The van der Waals surface area contributed by atoms with Gasteiger partial charge in [-0.05, 0) is 42.2 Å². The number of amides is 3. The number of anilines is 1. The average Bonchev–Trinajstić information content (AvgIpc) is 2.85. The van der Waals surface area contributed by atoms with Gasteiger partial charge in [-0.3, -0.25) is 9.59 Å². The first-order chi connectivity index (χ1) is 17.1. The van der Waals surface area contributed by atoms with Crippen molar-refractivity contribution in [1.29, 1.82) is 0 Å². The molecule has 36 heavy (non-hydrogen) atoms. The summed E-state index contributed by atoms with van der Waals surface area (Å²) < 4.78 is 43.9. The zero-order chi connectivity index (χ0) is 26.3. The van der Waals surface area contributed by atoms with E-state index in [1.807, 2.05) is 31.2 Å². The molecule has 2 N–H and O–H groups in total. The number of rotatable bonds is 8. The quantitative estimate of drug-likeness (QED) is 0.500. The fraction of sp³-hybridized carbons (Fsp3) is 0.423. The number of nitrogens with one attached hydrogen (secondary N) is 2. The van der Waals surface area contributed by atoms with Gasteiger partial charge in [-0.1, -0.05) is 50.1 Å². The Morgan fingerprint density at radius 1 is 1.11 bits per heavy atom. The lowest BCUT2D eigenvalue weighted by Gasteiger charge is -2.38. The number of hydrogen-bond donors (Lipinski definition) is 2. The van der Waals surface area contributed by atoms with Crippen LogP contribution in [-0.4, -0.2) is 42.0 Å². The molecule has 1 heterocycles. The monoisotopic (exact) mass is 505 g/mol. The Hall–Kier alpha value is -3.56. The maximum Gasteiger partial charge on any atom is 0.416 e. The Balaban J connectivity index is 1.79. The second-order valence-electron chi connectivity index (χ2n) is 8.74. The summed E-state index contributed by atoms with van der Waals surface area (Å²) in [6.45, 7) is 2.22. The van der Waals surface area contributed by atoms with Gasteiger partial charge in [0.25, 0.3) is 0 Å². The highest BCUT2D eigenvalue weighted by Gasteiger charge is 2.35. The highest BCUT2D eigenvalue weighted by Crippen LogP contribution is 2.31.